The molecule has 148 valence electrons. The Morgan fingerprint density at radius 2 is 1.58 bits per heavy atom. The predicted octanol–water partition coefficient (Wildman–Crippen LogP) is 5.43. The number of rotatable bonds is 6. The molecule has 0 radical (unpaired) electrons. The molecule has 6 heteroatoms. The third kappa shape index (κ3) is 5.18. The molecule has 1 fully saturated rings. The predicted molar refractivity (Wildman–Crippen MR) is 108 cm³/mol. The van der Waals surface area contributed by atoms with Crippen molar-refractivity contribution in [2.45, 2.75) is 88.4 Å². The molecule has 0 unspecified atom stereocenters. The molecule has 0 aromatic heterocycles. The van der Waals surface area contributed by atoms with Crippen LogP contribution in [0.2, 0.25) is 18.1 Å². The van der Waals surface area contributed by atoms with E-state index in [0.29, 0.717) is 0 Å². The molecule has 0 atom stereocenters. The molecule has 1 saturated carbocycles. The van der Waals surface area contributed by atoms with Crippen LogP contribution in [0.25, 0.3) is 0 Å². The van der Waals surface area contributed by atoms with Crippen LogP contribution in [-0.2, 0) is 18.7 Å². The fraction of sp³-hybridized carbons (Fsp3) is 0.700. The van der Waals surface area contributed by atoms with Crippen LogP contribution in [0.1, 0.15) is 58.4 Å². The molecule has 2 rings (SSSR count). The van der Waals surface area contributed by atoms with E-state index in [1.807, 2.05) is 6.92 Å². The molecule has 1 aromatic rings. The fourth-order valence-electron chi connectivity index (χ4n) is 3.12. The molecule has 4 nitrogen and oxygen atoms in total. The van der Waals surface area contributed by atoms with Crippen LogP contribution in [-0.4, -0.2) is 28.9 Å². The molecule has 0 spiro atoms. The van der Waals surface area contributed by atoms with Crippen molar-refractivity contribution in [2.75, 3.05) is 6.61 Å². The van der Waals surface area contributed by atoms with Crippen molar-refractivity contribution in [3.63, 3.8) is 0 Å². The van der Waals surface area contributed by atoms with E-state index >= 15 is 0 Å². The maximum atomic E-state index is 12.6. The average Bonchev–Trinajstić information content (AvgIpc) is 2.53. The van der Waals surface area contributed by atoms with Gasteiger partial charge in [-0.2, -0.15) is 8.42 Å². The normalized spacial score (nSPS) is 18.7. The molecule has 0 amide bonds. The summed E-state index contributed by atoms with van der Waals surface area (Å²) >= 11 is 0. The third-order valence-corrected chi connectivity index (χ3v) is 11.7. The highest BCUT2D eigenvalue weighted by molar-refractivity contribution is 7.86. The van der Waals surface area contributed by atoms with E-state index in [2.05, 4.69) is 33.9 Å². The summed E-state index contributed by atoms with van der Waals surface area (Å²) < 4.78 is 37.5. The van der Waals surface area contributed by atoms with Gasteiger partial charge in [-0.15, -0.1) is 0 Å². The van der Waals surface area contributed by atoms with E-state index in [9.17, 15) is 8.42 Å². The first-order chi connectivity index (χ1) is 11.9. The molecule has 0 N–H and O–H groups in total. The summed E-state index contributed by atoms with van der Waals surface area (Å²) in [4.78, 5) is 0.210. The van der Waals surface area contributed by atoms with Crippen LogP contribution in [0.3, 0.4) is 0 Å². The van der Waals surface area contributed by atoms with Crippen molar-refractivity contribution in [3.05, 3.63) is 29.8 Å². The average molecular weight is 399 g/mol. The second-order valence-corrected chi connectivity index (χ2v) is 15.5. The Labute approximate surface area is 160 Å². The summed E-state index contributed by atoms with van der Waals surface area (Å²) in [6.45, 7) is 13.1. The number of hydrogen-bond donors (Lipinski definition) is 0. The highest BCUT2D eigenvalue weighted by atomic mass is 32.2. The lowest BCUT2D eigenvalue weighted by Crippen LogP contribution is -2.53. The van der Waals surface area contributed by atoms with Crippen molar-refractivity contribution in [1.29, 1.82) is 0 Å². The zero-order valence-corrected chi connectivity index (χ0v) is 18.9. The minimum absolute atomic E-state index is 0.0767. The molecule has 0 heterocycles. The van der Waals surface area contributed by atoms with Crippen molar-refractivity contribution in [1.82, 2.24) is 0 Å². The highest BCUT2D eigenvalue weighted by Gasteiger charge is 2.46. The van der Waals surface area contributed by atoms with Gasteiger partial charge in [0.2, 0.25) is 0 Å². The van der Waals surface area contributed by atoms with Crippen molar-refractivity contribution in [2.24, 2.45) is 0 Å². The Balaban J connectivity index is 2.19. The third-order valence-electron chi connectivity index (χ3n) is 5.83. The van der Waals surface area contributed by atoms with Gasteiger partial charge in [0.1, 0.15) is 0 Å². The minimum atomic E-state index is -3.77. The van der Waals surface area contributed by atoms with E-state index in [-0.39, 0.29) is 16.5 Å². The molecule has 1 aromatic carbocycles. The lowest BCUT2D eigenvalue weighted by atomic mass is 9.86. The molecule has 0 bridgehead atoms. The van der Waals surface area contributed by atoms with Gasteiger partial charge < -0.3 is 4.43 Å². The molecular formula is C20H34O4SSi. The van der Waals surface area contributed by atoms with Gasteiger partial charge >= 0.3 is 0 Å². The monoisotopic (exact) mass is 398 g/mol. The summed E-state index contributed by atoms with van der Waals surface area (Å²) in [5.74, 6) is 0. The van der Waals surface area contributed by atoms with Crippen LogP contribution in [0.4, 0.5) is 0 Å². The van der Waals surface area contributed by atoms with Gasteiger partial charge in [-0.3, -0.25) is 4.18 Å². The first kappa shape index (κ1) is 21.6. The van der Waals surface area contributed by atoms with Crippen LogP contribution < -0.4 is 0 Å². The number of benzene rings is 1. The first-order valence-electron chi connectivity index (χ1n) is 9.53. The molecule has 0 saturated heterocycles. The van der Waals surface area contributed by atoms with Gasteiger partial charge in [0, 0.05) is 0 Å². The van der Waals surface area contributed by atoms with Crippen LogP contribution in [0, 0.1) is 6.92 Å². The smallest absolute Gasteiger partial charge is 0.297 e. The van der Waals surface area contributed by atoms with Crippen molar-refractivity contribution < 1.29 is 17.0 Å². The second kappa shape index (κ2) is 7.74. The summed E-state index contributed by atoms with van der Waals surface area (Å²) in [6, 6.07) is 6.79. The Hall–Kier alpha value is -0.693. The van der Waals surface area contributed by atoms with Crippen LogP contribution in [0.5, 0.6) is 0 Å². The van der Waals surface area contributed by atoms with Gasteiger partial charge in [-0.1, -0.05) is 57.7 Å². The van der Waals surface area contributed by atoms with Gasteiger partial charge in [0.25, 0.3) is 10.1 Å². The SMILES string of the molecule is Cc1ccc(S(=O)(=O)OCC2(O[Si](C)(C)C(C)(C)C)CCCCC2)cc1. The summed E-state index contributed by atoms with van der Waals surface area (Å²) in [7, 11) is -5.79. The van der Waals surface area contributed by atoms with Crippen LogP contribution in [0.15, 0.2) is 29.2 Å². The van der Waals surface area contributed by atoms with E-state index < -0.39 is 24.0 Å². The van der Waals surface area contributed by atoms with Crippen LogP contribution >= 0.6 is 0 Å². The van der Waals surface area contributed by atoms with E-state index in [4.69, 9.17) is 8.61 Å². The number of hydrogen-bond acceptors (Lipinski definition) is 4. The first-order valence-corrected chi connectivity index (χ1v) is 13.8. The molecule has 0 aliphatic heterocycles. The maximum Gasteiger partial charge on any atom is 0.297 e. The highest BCUT2D eigenvalue weighted by Crippen LogP contribution is 2.43. The van der Waals surface area contributed by atoms with Crippen molar-refractivity contribution >= 4 is 18.4 Å². The lowest BCUT2D eigenvalue weighted by molar-refractivity contribution is -0.0207. The zero-order valence-electron chi connectivity index (χ0n) is 17.1. The molecule has 26 heavy (non-hydrogen) atoms. The second-order valence-electron chi connectivity index (χ2n) is 9.14. The molecule has 1 aliphatic carbocycles. The van der Waals surface area contributed by atoms with Crippen molar-refractivity contribution in [3.8, 4) is 0 Å². The van der Waals surface area contributed by atoms with Gasteiger partial charge in [-0.05, 0) is 50.0 Å². The Kier molecular flexibility index (Phi) is 6.43. The lowest BCUT2D eigenvalue weighted by Gasteiger charge is -2.47. The van der Waals surface area contributed by atoms with E-state index in [1.54, 1.807) is 24.3 Å². The molecular weight excluding hydrogens is 364 g/mol. The summed E-state index contributed by atoms with van der Waals surface area (Å²) in [5, 5.41) is 0.0767. The standard InChI is InChI=1S/C20H34O4SSi/c1-17-10-12-18(13-11-17)25(21,22)23-16-20(14-8-7-9-15-20)24-26(5,6)19(2,3)4/h10-13H,7-9,14-16H2,1-6H3. The maximum absolute atomic E-state index is 12.6. The Bertz CT molecular complexity index is 696. The van der Waals surface area contributed by atoms with Gasteiger partial charge in [0.15, 0.2) is 8.32 Å². The zero-order chi connectivity index (χ0) is 19.6. The van der Waals surface area contributed by atoms with Gasteiger partial charge in [-0.25, -0.2) is 0 Å². The van der Waals surface area contributed by atoms with E-state index in [1.165, 1.54) is 6.42 Å². The fourth-order valence-corrected chi connectivity index (χ4v) is 5.75. The topological polar surface area (TPSA) is 52.6 Å². The van der Waals surface area contributed by atoms with E-state index in [0.717, 1.165) is 31.2 Å². The summed E-state index contributed by atoms with van der Waals surface area (Å²) in [6.07, 6.45) is 5.02. The Morgan fingerprint density at radius 1 is 1.04 bits per heavy atom. The van der Waals surface area contributed by atoms with Gasteiger partial charge in [0.05, 0.1) is 17.1 Å². The Morgan fingerprint density at radius 3 is 2.08 bits per heavy atom. The number of aryl methyl sites for hydroxylation is 1. The quantitative estimate of drug-likeness (QED) is 0.474. The minimum Gasteiger partial charge on any atom is -0.409 e. The summed E-state index contributed by atoms with van der Waals surface area (Å²) in [5.41, 5.74) is 0.535. The largest absolute Gasteiger partial charge is 0.409 e. The molecule has 1 aliphatic rings.